The van der Waals surface area contributed by atoms with Gasteiger partial charge in [-0.3, -0.25) is 0 Å². The van der Waals surface area contributed by atoms with Gasteiger partial charge < -0.3 is 28.5 Å². The molecule has 7 nitrogen and oxygen atoms in total. The van der Waals surface area contributed by atoms with Gasteiger partial charge in [-0.25, -0.2) is 4.79 Å². The van der Waals surface area contributed by atoms with Crippen molar-refractivity contribution < 1.29 is 33.3 Å². The molecule has 0 spiro atoms. The summed E-state index contributed by atoms with van der Waals surface area (Å²) < 4.78 is 30.3. The highest BCUT2D eigenvalue weighted by molar-refractivity contribution is 7.98. The average molecular weight is 713 g/mol. The first-order valence-corrected chi connectivity index (χ1v) is 22.2. The number of allylic oxidation sites excluding steroid dienone is 3. The van der Waals surface area contributed by atoms with Gasteiger partial charge in [0.15, 0.2) is 8.32 Å². The third-order valence-corrected chi connectivity index (χ3v) is 14.4. The summed E-state index contributed by atoms with van der Waals surface area (Å²) in [6.07, 6.45) is 20.8. The Labute approximate surface area is 300 Å². The van der Waals surface area contributed by atoms with E-state index in [2.05, 4.69) is 86.0 Å². The molecule has 0 fully saturated rings. The van der Waals surface area contributed by atoms with Crippen molar-refractivity contribution in [1.82, 2.24) is 0 Å². The number of aliphatic hydroxyl groups is 1. The average Bonchev–Trinajstić information content (AvgIpc) is 3.02. The van der Waals surface area contributed by atoms with Gasteiger partial charge >= 0.3 is 5.97 Å². The molecule has 0 aromatic carbocycles. The van der Waals surface area contributed by atoms with E-state index in [0.29, 0.717) is 30.8 Å². The van der Waals surface area contributed by atoms with Crippen molar-refractivity contribution in [3.8, 4) is 0 Å². The Kier molecular flexibility index (Phi) is 25.1. The number of thioether (sulfide) groups is 1. The number of methoxy groups -OCH3 is 2. The number of aliphatic hydroxyl groups excluding tert-OH is 1. The fourth-order valence-corrected chi connectivity index (χ4v) is 7.16. The quantitative estimate of drug-likeness (QED) is 0.0237. The summed E-state index contributed by atoms with van der Waals surface area (Å²) in [5.74, 6) is 1.18. The van der Waals surface area contributed by atoms with E-state index >= 15 is 0 Å². The van der Waals surface area contributed by atoms with Crippen LogP contribution >= 0.6 is 11.8 Å². The van der Waals surface area contributed by atoms with Gasteiger partial charge in [-0.1, -0.05) is 78.0 Å². The number of carbonyl (C=O) groups excluding carboxylic acids is 1. The van der Waals surface area contributed by atoms with Crippen LogP contribution in [0.4, 0.5) is 0 Å². The van der Waals surface area contributed by atoms with E-state index in [1.807, 2.05) is 19.3 Å². The lowest BCUT2D eigenvalue weighted by Gasteiger charge is -2.44. The zero-order valence-electron chi connectivity index (χ0n) is 32.8. The molecule has 0 aliphatic heterocycles. The van der Waals surface area contributed by atoms with Crippen LogP contribution < -0.4 is 0 Å². The summed E-state index contributed by atoms with van der Waals surface area (Å²) >= 11 is 1.68. The van der Waals surface area contributed by atoms with Crippen LogP contribution in [-0.4, -0.2) is 83.4 Å². The lowest BCUT2D eigenvalue weighted by atomic mass is 9.84. The van der Waals surface area contributed by atoms with E-state index in [4.69, 9.17) is 28.5 Å². The second-order valence-corrected chi connectivity index (χ2v) is 20.2. The standard InChI is InChI=1S/C39H72O7SSi/c1-14-44-37(41)22-17-15-16-21-36(45-29-47-11)33(5)38(46-48(12,13)39(6,7)8)32(4)25-26-35(43-10)31(3)24-23-30(2)28-34(42-9)20-18-19-27-40/h15-18,20,22,24,30,32-36,38,40H,14,19,21,23,25-29H2,1-13H3/b16-15+,20-18+,22-17+,31-24+/t30-,32-,33-,34+,35+,36-,38-/m1/s1. The minimum absolute atomic E-state index is 0.0212. The number of esters is 1. The second-order valence-electron chi connectivity index (χ2n) is 14.6. The molecule has 0 saturated carbocycles. The lowest BCUT2D eigenvalue weighted by molar-refractivity contribution is -0.137. The van der Waals surface area contributed by atoms with E-state index in [-0.39, 0.29) is 47.9 Å². The molecule has 0 saturated heterocycles. The first-order chi connectivity index (χ1) is 22.6. The summed E-state index contributed by atoms with van der Waals surface area (Å²) in [5, 5.41) is 9.14. The SMILES string of the molecule is CCOC(=O)/C=C/C=C/C[C@@H](OCSC)[C@@H](C)[C@H](O[Si](C)(C)C(C)(C)C)[C@H](C)CC[C@H](OC)/C(C)=C/C[C@@H](C)C[C@H](/C=C/CCO)OC. The molecule has 7 atom stereocenters. The van der Waals surface area contributed by atoms with Crippen LogP contribution in [0.25, 0.3) is 0 Å². The molecule has 9 heteroatoms. The van der Waals surface area contributed by atoms with Gasteiger partial charge in [-0.15, -0.1) is 11.8 Å². The Morgan fingerprint density at radius 3 is 2.25 bits per heavy atom. The normalized spacial score (nSPS) is 17.9. The lowest BCUT2D eigenvalue weighted by Crippen LogP contribution is -2.49. The number of rotatable bonds is 26. The van der Waals surface area contributed by atoms with Crippen molar-refractivity contribution >= 4 is 26.0 Å². The van der Waals surface area contributed by atoms with E-state index in [1.165, 1.54) is 11.6 Å². The summed E-state index contributed by atoms with van der Waals surface area (Å²) in [6, 6.07) is 0. The molecule has 0 amide bonds. The maximum atomic E-state index is 11.7. The van der Waals surface area contributed by atoms with Crippen LogP contribution in [0, 0.1) is 17.8 Å². The van der Waals surface area contributed by atoms with Gasteiger partial charge in [0, 0.05) is 32.8 Å². The molecule has 0 rings (SSSR count). The molecule has 1 N–H and O–H groups in total. The zero-order valence-corrected chi connectivity index (χ0v) is 34.6. The highest BCUT2D eigenvalue weighted by Crippen LogP contribution is 2.40. The van der Waals surface area contributed by atoms with E-state index in [9.17, 15) is 4.79 Å². The van der Waals surface area contributed by atoms with Crippen LogP contribution in [0.3, 0.4) is 0 Å². The van der Waals surface area contributed by atoms with Crippen molar-refractivity contribution in [3.63, 3.8) is 0 Å². The minimum Gasteiger partial charge on any atom is -0.463 e. The fourth-order valence-electron chi connectivity index (χ4n) is 5.37. The number of hydrogen-bond donors (Lipinski definition) is 1. The maximum absolute atomic E-state index is 11.7. The molecule has 280 valence electrons. The van der Waals surface area contributed by atoms with Crippen LogP contribution in [0.2, 0.25) is 18.1 Å². The third kappa shape index (κ3) is 19.3. The van der Waals surface area contributed by atoms with Crippen LogP contribution in [-0.2, 0) is 28.2 Å². The molecule has 0 bridgehead atoms. The molecule has 0 heterocycles. The molecule has 48 heavy (non-hydrogen) atoms. The molecule has 0 aliphatic carbocycles. The number of hydrogen-bond acceptors (Lipinski definition) is 8. The Balaban J connectivity index is 5.86. The predicted molar refractivity (Wildman–Crippen MR) is 207 cm³/mol. The largest absolute Gasteiger partial charge is 0.463 e. The first-order valence-electron chi connectivity index (χ1n) is 17.9. The van der Waals surface area contributed by atoms with Crippen LogP contribution in [0.5, 0.6) is 0 Å². The molecule has 0 aliphatic rings. The van der Waals surface area contributed by atoms with E-state index in [1.54, 1.807) is 31.9 Å². The molecule has 0 radical (unpaired) electrons. The van der Waals surface area contributed by atoms with Crippen LogP contribution in [0.1, 0.15) is 93.9 Å². The van der Waals surface area contributed by atoms with Gasteiger partial charge in [-0.05, 0) is 94.2 Å². The predicted octanol–water partition coefficient (Wildman–Crippen LogP) is 9.53. The molecule has 0 unspecified atom stereocenters. The summed E-state index contributed by atoms with van der Waals surface area (Å²) in [6.45, 7) is 22.9. The Hall–Kier alpha value is -1.20. The van der Waals surface area contributed by atoms with Gasteiger partial charge in [0.05, 0.1) is 37.0 Å². The van der Waals surface area contributed by atoms with Crippen molar-refractivity contribution in [2.24, 2.45) is 17.8 Å². The van der Waals surface area contributed by atoms with E-state index < -0.39 is 8.32 Å². The number of carbonyl (C=O) groups is 1. The number of ether oxygens (including phenoxy) is 4. The zero-order chi connectivity index (χ0) is 36.8. The minimum atomic E-state index is -2.09. The highest BCUT2D eigenvalue weighted by Gasteiger charge is 2.42. The van der Waals surface area contributed by atoms with Crippen molar-refractivity contribution in [3.05, 3.63) is 48.1 Å². The fraction of sp³-hybridized carbons (Fsp3) is 0.769. The van der Waals surface area contributed by atoms with Crippen LogP contribution in [0.15, 0.2) is 48.1 Å². The van der Waals surface area contributed by atoms with E-state index in [0.717, 1.165) is 32.1 Å². The Morgan fingerprint density at radius 2 is 1.69 bits per heavy atom. The second kappa shape index (κ2) is 25.7. The van der Waals surface area contributed by atoms with Crippen molar-refractivity contribution in [2.45, 2.75) is 136 Å². The smallest absolute Gasteiger partial charge is 0.330 e. The Bertz CT molecular complexity index is 972. The van der Waals surface area contributed by atoms with Crippen molar-refractivity contribution in [2.75, 3.05) is 39.6 Å². The van der Waals surface area contributed by atoms with Crippen molar-refractivity contribution in [1.29, 1.82) is 0 Å². The van der Waals surface area contributed by atoms with Gasteiger partial charge in [0.2, 0.25) is 0 Å². The highest BCUT2D eigenvalue weighted by atomic mass is 32.2. The van der Waals surface area contributed by atoms with Gasteiger partial charge in [-0.2, -0.15) is 0 Å². The molecular weight excluding hydrogens is 641 g/mol. The Morgan fingerprint density at radius 1 is 1.00 bits per heavy atom. The van der Waals surface area contributed by atoms with Gasteiger partial charge in [0.1, 0.15) is 0 Å². The first kappa shape index (κ1) is 46.8. The van der Waals surface area contributed by atoms with Gasteiger partial charge in [0.25, 0.3) is 0 Å². The maximum Gasteiger partial charge on any atom is 0.330 e. The molecule has 0 aromatic heterocycles. The summed E-state index contributed by atoms with van der Waals surface area (Å²) in [7, 11) is 1.47. The summed E-state index contributed by atoms with van der Waals surface area (Å²) in [5.41, 5.74) is 1.26. The topological polar surface area (TPSA) is 83.5 Å². The summed E-state index contributed by atoms with van der Waals surface area (Å²) in [4.78, 5) is 11.7. The third-order valence-electron chi connectivity index (χ3n) is 9.54. The molecule has 0 aromatic rings. The molecular formula is C39H72O7SSi. The monoisotopic (exact) mass is 712 g/mol.